The molecule has 1 saturated heterocycles. The Labute approximate surface area is 190 Å². The van der Waals surface area contributed by atoms with E-state index in [2.05, 4.69) is 64.2 Å². The monoisotopic (exact) mass is 427 g/mol. The lowest BCUT2D eigenvalue weighted by Crippen LogP contribution is -2.33. The molecule has 166 valence electrons. The number of nitrogens with two attached hydrogens (primary N) is 1. The molecule has 0 radical (unpaired) electrons. The van der Waals surface area contributed by atoms with Gasteiger partial charge in [-0.15, -0.1) is 0 Å². The first-order chi connectivity index (χ1) is 15.6. The van der Waals surface area contributed by atoms with Gasteiger partial charge in [0.1, 0.15) is 11.5 Å². The van der Waals surface area contributed by atoms with E-state index >= 15 is 0 Å². The number of aromatic amines is 1. The molecule has 2 aromatic rings. The van der Waals surface area contributed by atoms with Crippen molar-refractivity contribution in [2.24, 2.45) is 11.7 Å². The van der Waals surface area contributed by atoms with Crippen molar-refractivity contribution in [2.45, 2.75) is 44.9 Å². The number of piperidine rings is 1. The molecule has 3 aliphatic rings. The summed E-state index contributed by atoms with van der Waals surface area (Å²) in [6.45, 7) is 12.6. The van der Waals surface area contributed by atoms with Crippen LogP contribution >= 0.6 is 0 Å². The SMILES string of the molecule is C=C(N)c1c(-c2cc3c([nH]2)C=CCC=C3)nc(C2CCN(C(=C)C3CC3)CC2)n1/C=C\C. The molecule has 0 unspecified atom stereocenters. The Bertz CT molecular complexity index is 1100. The van der Waals surface area contributed by atoms with Crippen molar-refractivity contribution in [3.05, 3.63) is 65.9 Å². The fourth-order valence-corrected chi connectivity index (χ4v) is 4.98. The van der Waals surface area contributed by atoms with Crippen LogP contribution in [0.1, 0.15) is 67.7 Å². The summed E-state index contributed by atoms with van der Waals surface area (Å²) < 4.78 is 2.16. The van der Waals surface area contributed by atoms with E-state index in [9.17, 15) is 0 Å². The zero-order valence-corrected chi connectivity index (χ0v) is 19.0. The first-order valence-corrected chi connectivity index (χ1v) is 11.8. The maximum absolute atomic E-state index is 6.32. The molecule has 0 amide bonds. The summed E-state index contributed by atoms with van der Waals surface area (Å²) in [6.07, 6.45) is 18.5. The second-order valence-corrected chi connectivity index (χ2v) is 9.16. The Morgan fingerprint density at radius 3 is 2.59 bits per heavy atom. The third-order valence-electron chi connectivity index (χ3n) is 6.84. The average molecular weight is 428 g/mol. The standard InChI is InChI=1S/C27H33N5/c1-4-14-32-26(18(2)28)25(24-17-22-8-6-5-7-9-23(22)29-24)30-27(32)21-12-15-31(16-13-21)19(3)20-10-11-20/h4,6-9,14,17,20-21,29H,2-3,5,10-13,15-16,28H2,1H3/b14-4-. The number of hydrogen-bond donors (Lipinski definition) is 2. The highest BCUT2D eigenvalue weighted by molar-refractivity contribution is 5.79. The minimum Gasteiger partial charge on any atom is -0.397 e. The smallest absolute Gasteiger partial charge is 0.117 e. The molecule has 0 atom stereocenters. The van der Waals surface area contributed by atoms with Crippen LogP contribution in [0.3, 0.4) is 0 Å². The van der Waals surface area contributed by atoms with Crippen LogP contribution in [0.5, 0.6) is 0 Å². The minimum absolute atomic E-state index is 0.383. The molecular weight excluding hydrogens is 394 g/mol. The minimum atomic E-state index is 0.383. The fraction of sp³-hybridized carbons (Fsp3) is 0.370. The van der Waals surface area contributed by atoms with Crippen LogP contribution in [0.25, 0.3) is 35.4 Å². The summed E-state index contributed by atoms with van der Waals surface area (Å²) in [5.41, 5.74) is 13.2. The Hall–Kier alpha value is -3.21. The largest absolute Gasteiger partial charge is 0.397 e. The molecule has 2 aliphatic carbocycles. The molecule has 5 nitrogen and oxygen atoms in total. The van der Waals surface area contributed by atoms with Gasteiger partial charge in [0.15, 0.2) is 0 Å². The highest BCUT2D eigenvalue weighted by Gasteiger charge is 2.32. The molecule has 1 aliphatic heterocycles. The third-order valence-corrected chi connectivity index (χ3v) is 6.84. The first kappa shape index (κ1) is 20.7. The van der Waals surface area contributed by atoms with Crippen molar-refractivity contribution in [3.63, 3.8) is 0 Å². The van der Waals surface area contributed by atoms with Gasteiger partial charge in [0.2, 0.25) is 0 Å². The molecule has 0 bridgehead atoms. The number of hydrogen-bond acceptors (Lipinski definition) is 3. The van der Waals surface area contributed by atoms with E-state index in [1.807, 2.05) is 13.0 Å². The van der Waals surface area contributed by atoms with Crippen molar-refractivity contribution in [3.8, 4) is 11.4 Å². The number of nitrogens with zero attached hydrogens (tertiary/aromatic N) is 3. The highest BCUT2D eigenvalue weighted by Crippen LogP contribution is 2.40. The number of aromatic nitrogens is 3. The number of allylic oxidation sites excluding steroid dienone is 4. The van der Waals surface area contributed by atoms with Crippen molar-refractivity contribution in [1.29, 1.82) is 0 Å². The van der Waals surface area contributed by atoms with Crippen molar-refractivity contribution in [1.82, 2.24) is 19.4 Å². The van der Waals surface area contributed by atoms with E-state index < -0.39 is 0 Å². The van der Waals surface area contributed by atoms with Crippen LogP contribution in [0.4, 0.5) is 0 Å². The third kappa shape index (κ3) is 3.77. The predicted octanol–water partition coefficient (Wildman–Crippen LogP) is 5.83. The highest BCUT2D eigenvalue weighted by atomic mass is 15.2. The summed E-state index contributed by atoms with van der Waals surface area (Å²) >= 11 is 0. The Balaban J connectivity index is 1.50. The number of imidazole rings is 1. The Morgan fingerprint density at radius 1 is 1.16 bits per heavy atom. The number of fused-ring (bicyclic) bond motifs is 1. The Kier molecular flexibility index (Phi) is 5.41. The van der Waals surface area contributed by atoms with Gasteiger partial charge in [0, 0.05) is 36.6 Å². The van der Waals surface area contributed by atoms with Crippen LogP contribution < -0.4 is 5.73 Å². The van der Waals surface area contributed by atoms with Gasteiger partial charge < -0.3 is 20.2 Å². The van der Waals surface area contributed by atoms with Gasteiger partial charge in [0.25, 0.3) is 0 Å². The molecule has 5 heteroatoms. The molecule has 32 heavy (non-hydrogen) atoms. The van der Waals surface area contributed by atoms with E-state index in [0.29, 0.717) is 11.6 Å². The topological polar surface area (TPSA) is 62.9 Å². The second kappa shape index (κ2) is 8.38. The molecule has 5 rings (SSSR count). The molecule has 3 N–H and O–H groups in total. The van der Waals surface area contributed by atoms with Crippen molar-refractivity contribution < 1.29 is 0 Å². The number of H-pyrrole nitrogens is 1. The second-order valence-electron chi connectivity index (χ2n) is 9.16. The van der Waals surface area contributed by atoms with E-state index in [1.54, 1.807) is 0 Å². The van der Waals surface area contributed by atoms with Crippen LogP contribution in [-0.2, 0) is 0 Å². The summed E-state index contributed by atoms with van der Waals surface area (Å²) in [6, 6.07) is 2.17. The van der Waals surface area contributed by atoms with Crippen molar-refractivity contribution >= 4 is 24.0 Å². The molecular formula is C27H33N5. The van der Waals surface area contributed by atoms with Gasteiger partial charge in [0.05, 0.1) is 17.1 Å². The van der Waals surface area contributed by atoms with Gasteiger partial charge in [-0.1, -0.05) is 37.5 Å². The molecule has 0 spiro atoms. The zero-order chi connectivity index (χ0) is 22.2. The summed E-state index contributed by atoms with van der Waals surface area (Å²) in [7, 11) is 0. The first-order valence-electron chi connectivity index (χ1n) is 11.8. The average Bonchev–Trinajstić information content (AvgIpc) is 3.52. The normalized spacial score (nSPS) is 18.8. The lowest BCUT2D eigenvalue weighted by atomic mass is 9.95. The summed E-state index contributed by atoms with van der Waals surface area (Å²) in [5.74, 6) is 2.18. The lowest BCUT2D eigenvalue weighted by molar-refractivity contribution is 0.249. The molecule has 2 aromatic heterocycles. The molecule has 2 fully saturated rings. The van der Waals surface area contributed by atoms with E-state index in [1.165, 1.54) is 24.1 Å². The van der Waals surface area contributed by atoms with Crippen LogP contribution in [-0.4, -0.2) is 32.5 Å². The van der Waals surface area contributed by atoms with Crippen LogP contribution in [0, 0.1) is 5.92 Å². The van der Waals surface area contributed by atoms with E-state index in [0.717, 1.165) is 66.9 Å². The van der Waals surface area contributed by atoms with Gasteiger partial charge in [-0.25, -0.2) is 4.98 Å². The molecule has 3 heterocycles. The molecule has 1 saturated carbocycles. The van der Waals surface area contributed by atoms with Crippen molar-refractivity contribution in [2.75, 3.05) is 13.1 Å². The fourth-order valence-electron chi connectivity index (χ4n) is 4.98. The lowest BCUT2D eigenvalue weighted by Gasteiger charge is -2.34. The van der Waals surface area contributed by atoms with E-state index in [4.69, 9.17) is 10.7 Å². The summed E-state index contributed by atoms with van der Waals surface area (Å²) in [5, 5.41) is 0. The van der Waals surface area contributed by atoms with Gasteiger partial charge in [-0.3, -0.25) is 0 Å². The summed E-state index contributed by atoms with van der Waals surface area (Å²) in [4.78, 5) is 11.2. The number of rotatable bonds is 6. The van der Waals surface area contributed by atoms with E-state index in [-0.39, 0.29) is 0 Å². The maximum atomic E-state index is 6.32. The van der Waals surface area contributed by atoms with Crippen LogP contribution in [0.15, 0.2) is 43.1 Å². The predicted molar refractivity (Wildman–Crippen MR) is 134 cm³/mol. The zero-order valence-electron chi connectivity index (χ0n) is 19.0. The number of likely N-dealkylation sites (tertiary alicyclic amines) is 1. The van der Waals surface area contributed by atoms with Gasteiger partial charge in [-0.05, 0) is 62.7 Å². The van der Waals surface area contributed by atoms with Crippen LogP contribution in [0.2, 0.25) is 0 Å². The van der Waals surface area contributed by atoms with Gasteiger partial charge in [-0.2, -0.15) is 0 Å². The molecule has 0 aromatic carbocycles. The Morgan fingerprint density at radius 2 is 1.91 bits per heavy atom. The number of nitrogens with one attached hydrogen (secondary N) is 1. The quantitative estimate of drug-likeness (QED) is 0.609. The van der Waals surface area contributed by atoms with Gasteiger partial charge >= 0.3 is 0 Å². The maximum Gasteiger partial charge on any atom is 0.117 e.